The van der Waals surface area contributed by atoms with Gasteiger partial charge in [0.25, 0.3) is 0 Å². The lowest BCUT2D eigenvalue weighted by Crippen LogP contribution is -2.57. The average Bonchev–Trinajstić information content (AvgIpc) is 2.96. The molecule has 2 aromatic rings. The molecule has 0 fully saturated rings. The van der Waals surface area contributed by atoms with E-state index >= 15 is 0 Å². The number of anilines is 1. The summed E-state index contributed by atoms with van der Waals surface area (Å²) >= 11 is 0. The van der Waals surface area contributed by atoms with E-state index in [-0.39, 0.29) is 18.0 Å². The van der Waals surface area contributed by atoms with Crippen LogP contribution < -0.4 is 16.0 Å². The molecule has 5 N–H and O–H groups in total. The molecule has 114 valence electrons. The van der Waals surface area contributed by atoms with Gasteiger partial charge in [0.05, 0.1) is 17.8 Å². The van der Waals surface area contributed by atoms with Crippen molar-refractivity contribution >= 4 is 28.4 Å². The first-order chi connectivity index (χ1) is 10.6. The van der Waals surface area contributed by atoms with Gasteiger partial charge in [0, 0.05) is 17.8 Å². The number of carbonyl (C=O) groups excluding carboxylic acids is 1. The van der Waals surface area contributed by atoms with Crippen LogP contribution in [-0.4, -0.2) is 29.7 Å². The van der Waals surface area contributed by atoms with Crippen molar-refractivity contribution in [1.29, 1.82) is 5.41 Å². The van der Waals surface area contributed by atoms with Crippen LogP contribution in [0.4, 0.5) is 5.69 Å². The molecule has 1 atom stereocenters. The summed E-state index contributed by atoms with van der Waals surface area (Å²) in [7, 11) is 0. The van der Waals surface area contributed by atoms with Gasteiger partial charge in [-0.1, -0.05) is 12.1 Å². The third kappa shape index (κ3) is 2.21. The van der Waals surface area contributed by atoms with Gasteiger partial charge >= 0.3 is 5.97 Å². The maximum atomic E-state index is 12.0. The first-order valence-electron chi connectivity index (χ1n) is 6.96. The number of para-hydroxylation sites is 1. The Hall–Kier alpha value is -2.80. The van der Waals surface area contributed by atoms with Crippen LogP contribution in [-0.2, 0) is 9.53 Å². The third-order valence-electron chi connectivity index (χ3n) is 3.49. The monoisotopic (exact) mass is 299 g/mol. The van der Waals surface area contributed by atoms with Gasteiger partial charge in [-0.3, -0.25) is 16.0 Å². The predicted molar refractivity (Wildman–Crippen MR) is 84.3 cm³/mol. The SMILES string of the molecule is CCOC(=O)C1=CNC(N)N(c2cccc3cc[nH]c23)C1=N. The van der Waals surface area contributed by atoms with Crippen molar-refractivity contribution in [1.82, 2.24) is 10.3 Å². The highest BCUT2D eigenvalue weighted by molar-refractivity contribution is 6.25. The molecule has 0 bridgehead atoms. The molecule has 3 rings (SSSR count). The van der Waals surface area contributed by atoms with E-state index in [0.29, 0.717) is 0 Å². The normalized spacial score (nSPS) is 18.1. The lowest BCUT2D eigenvalue weighted by atomic mass is 10.1. The Morgan fingerprint density at radius 2 is 2.27 bits per heavy atom. The molecule has 0 saturated heterocycles. The first-order valence-corrected chi connectivity index (χ1v) is 6.96. The van der Waals surface area contributed by atoms with Gasteiger partial charge in [0.2, 0.25) is 0 Å². The summed E-state index contributed by atoms with van der Waals surface area (Å²) in [6, 6.07) is 7.63. The molecule has 2 heterocycles. The molecule has 22 heavy (non-hydrogen) atoms. The third-order valence-corrected chi connectivity index (χ3v) is 3.49. The fraction of sp³-hybridized carbons (Fsp3) is 0.200. The van der Waals surface area contributed by atoms with Crippen molar-refractivity contribution in [2.75, 3.05) is 11.5 Å². The zero-order valence-corrected chi connectivity index (χ0v) is 12.1. The largest absolute Gasteiger partial charge is 0.462 e. The summed E-state index contributed by atoms with van der Waals surface area (Å²) < 4.78 is 4.98. The number of nitrogens with two attached hydrogens (primary N) is 1. The lowest BCUT2D eigenvalue weighted by molar-refractivity contribution is -0.137. The second kappa shape index (κ2) is 5.53. The van der Waals surface area contributed by atoms with E-state index in [1.54, 1.807) is 11.8 Å². The molecule has 1 aliphatic heterocycles. The summed E-state index contributed by atoms with van der Waals surface area (Å²) in [6.45, 7) is 1.98. The smallest absolute Gasteiger partial charge is 0.343 e. The van der Waals surface area contributed by atoms with E-state index in [0.717, 1.165) is 16.6 Å². The van der Waals surface area contributed by atoms with Crippen LogP contribution in [0, 0.1) is 5.41 Å². The van der Waals surface area contributed by atoms with Crippen LogP contribution in [0.3, 0.4) is 0 Å². The molecule has 1 aromatic heterocycles. The van der Waals surface area contributed by atoms with E-state index in [1.165, 1.54) is 6.20 Å². The molecule has 0 saturated carbocycles. The van der Waals surface area contributed by atoms with E-state index < -0.39 is 12.3 Å². The fourth-order valence-electron chi connectivity index (χ4n) is 2.48. The number of esters is 1. The van der Waals surface area contributed by atoms with Crippen LogP contribution in [0.15, 0.2) is 42.2 Å². The minimum absolute atomic E-state index is 0.00630. The van der Waals surface area contributed by atoms with Gasteiger partial charge in [0.1, 0.15) is 11.4 Å². The second-order valence-corrected chi connectivity index (χ2v) is 4.83. The predicted octanol–water partition coefficient (Wildman–Crippen LogP) is 1.24. The first kappa shape index (κ1) is 14.2. The molecule has 0 amide bonds. The van der Waals surface area contributed by atoms with Crippen molar-refractivity contribution in [3.05, 3.63) is 42.2 Å². The van der Waals surface area contributed by atoms with Gasteiger partial charge in [-0.15, -0.1) is 0 Å². The Morgan fingerprint density at radius 1 is 1.45 bits per heavy atom. The Morgan fingerprint density at radius 3 is 3.05 bits per heavy atom. The van der Waals surface area contributed by atoms with Crippen LogP contribution in [0.25, 0.3) is 10.9 Å². The number of nitrogens with zero attached hydrogens (tertiary/aromatic N) is 1. The van der Waals surface area contributed by atoms with Gasteiger partial charge in [-0.2, -0.15) is 0 Å². The topological polar surface area (TPSA) is 107 Å². The number of aromatic nitrogens is 1. The minimum Gasteiger partial charge on any atom is -0.462 e. The van der Waals surface area contributed by atoms with Crippen molar-refractivity contribution in [2.24, 2.45) is 5.73 Å². The van der Waals surface area contributed by atoms with E-state index in [9.17, 15) is 4.79 Å². The highest BCUT2D eigenvalue weighted by Crippen LogP contribution is 2.28. The maximum Gasteiger partial charge on any atom is 0.343 e. The van der Waals surface area contributed by atoms with Crippen molar-refractivity contribution < 1.29 is 9.53 Å². The van der Waals surface area contributed by atoms with E-state index in [1.807, 2.05) is 30.5 Å². The van der Waals surface area contributed by atoms with E-state index in [4.69, 9.17) is 15.9 Å². The number of carbonyl (C=O) groups is 1. The molecule has 0 spiro atoms. The molecule has 1 unspecified atom stereocenters. The summed E-state index contributed by atoms with van der Waals surface area (Å²) in [6.07, 6.45) is 2.61. The number of ether oxygens (including phenoxy) is 1. The van der Waals surface area contributed by atoms with E-state index in [2.05, 4.69) is 10.3 Å². The Bertz CT molecular complexity index is 764. The quantitative estimate of drug-likeness (QED) is 0.638. The van der Waals surface area contributed by atoms with Crippen molar-refractivity contribution in [3.63, 3.8) is 0 Å². The van der Waals surface area contributed by atoms with Gasteiger partial charge < -0.3 is 15.0 Å². The van der Waals surface area contributed by atoms with Gasteiger partial charge in [0.15, 0.2) is 6.29 Å². The molecule has 0 aliphatic carbocycles. The van der Waals surface area contributed by atoms with Crippen molar-refractivity contribution in [3.8, 4) is 0 Å². The molecule has 1 aliphatic rings. The molecule has 0 radical (unpaired) electrons. The number of fused-ring (bicyclic) bond motifs is 1. The standard InChI is InChI=1S/C15H17N5O2/c1-2-22-14(21)10-8-19-15(17)20(13(10)16)11-5-3-4-9-6-7-18-12(9)11/h3-8,15-16,18-19H,2,17H2,1H3. The van der Waals surface area contributed by atoms with Crippen LogP contribution >= 0.6 is 0 Å². The zero-order valence-electron chi connectivity index (χ0n) is 12.1. The number of H-pyrrole nitrogens is 1. The highest BCUT2D eigenvalue weighted by atomic mass is 16.5. The van der Waals surface area contributed by atoms with Crippen LogP contribution in [0.1, 0.15) is 6.92 Å². The Kier molecular flexibility index (Phi) is 3.56. The second-order valence-electron chi connectivity index (χ2n) is 4.83. The number of rotatable bonds is 3. The summed E-state index contributed by atoms with van der Waals surface area (Å²) in [5, 5.41) is 12.2. The molecular weight excluding hydrogens is 282 g/mol. The summed E-state index contributed by atoms with van der Waals surface area (Å²) in [5.74, 6) is -0.539. The molecule has 1 aromatic carbocycles. The number of aromatic amines is 1. The maximum absolute atomic E-state index is 12.0. The molecule has 7 heteroatoms. The highest BCUT2D eigenvalue weighted by Gasteiger charge is 2.31. The molecular formula is C15H17N5O2. The number of nitrogens with one attached hydrogen (secondary N) is 3. The average molecular weight is 299 g/mol. The van der Waals surface area contributed by atoms with Gasteiger partial charge in [-0.05, 0) is 19.1 Å². The number of hydrogen-bond donors (Lipinski definition) is 4. The summed E-state index contributed by atoms with van der Waals surface area (Å²) in [5.41, 5.74) is 7.79. The number of hydrogen-bond acceptors (Lipinski definition) is 5. The zero-order chi connectivity index (χ0) is 15.7. The van der Waals surface area contributed by atoms with Crippen LogP contribution in [0.2, 0.25) is 0 Å². The summed E-state index contributed by atoms with van der Waals surface area (Å²) in [4.78, 5) is 16.7. The lowest BCUT2D eigenvalue weighted by Gasteiger charge is -2.35. The van der Waals surface area contributed by atoms with Gasteiger partial charge in [-0.25, -0.2) is 4.79 Å². The number of amidine groups is 1. The fourth-order valence-corrected chi connectivity index (χ4v) is 2.48. The molecule has 7 nitrogen and oxygen atoms in total. The Balaban J connectivity index is 2.03. The Labute approximate surface area is 127 Å². The minimum atomic E-state index is -0.639. The number of benzene rings is 1. The van der Waals surface area contributed by atoms with Crippen molar-refractivity contribution in [2.45, 2.75) is 13.2 Å². The van der Waals surface area contributed by atoms with Crippen LogP contribution in [0.5, 0.6) is 0 Å².